The van der Waals surface area contributed by atoms with Crippen LogP contribution in [0.5, 0.6) is 11.5 Å². The number of ether oxygens (including phenoxy) is 2. The smallest absolute Gasteiger partial charge is 0.269 e. The van der Waals surface area contributed by atoms with E-state index in [2.05, 4.69) is 32.0 Å². The largest absolute Gasteiger partial charge is 0.496 e. The second kappa shape index (κ2) is 7.50. The molecule has 0 N–H and O–H groups in total. The van der Waals surface area contributed by atoms with Crippen LogP contribution in [0, 0.1) is 24.0 Å². The summed E-state index contributed by atoms with van der Waals surface area (Å²) in [4.78, 5) is 10.5. The molecule has 0 fully saturated rings. The normalized spacial score (nSPS) is 10.5. The summed E-state index contributed by atoms with van der Waals surface area (Å²) in [6.07, 6.45) is 0. The molecule has 5 heteroatoms. The quantitative estimate of drug-likeness (QED) is 0.440. The molecule has 0 aliphatic carbocycles. The number of hydrogen-bond donors (Lipinski definition) is 0. The summed E-state index contributed by atoms with van der Waals surface area (Å²) in [5.74, 6) is 1.40. The van der Waals surface area contributed by atoms with E-state index in [-0.39, 0.29) is 5.69 Å². The Labute approximate surface area is 158 Å². The van der Waals surface area contributed by atoms with E-state index in [0.29, 0.717) is 5.75 Å². The molecule has 0 atom stereocenters. The van der Waals surface area contributed by atoms with Crippen molar-refractivity contribution in [3.8, 4) is 33.8 Å². The van der Waals surface area contributed by atoms with Gasteiger partial charge in [0, 0.05) is 23.3 Å². The van der Waals surface area contributed by atoms with E-state index >= 15 is 0 Å². The number of aryl methyl sites for hydroxylation is 2. The zero-order valence-electron chi connectivity index (χ0n) is 15.8. The first kappa shape index (κ1) is 18.5. The first-order chi connectivity index (χ1) is 12.9. The van der Waals surface area contributed by atoms with Crippen LogP contribution in [0.3, 0.4) is 0 Å². The summed E-state index contributed by atoms with van der Waals surface area (Å²) in [5.41, 5.74) is 6.03. The molecule has 5 nitrogen and oxygen atoms in total. The minimum atomic E-state index is -0.412. The van der Waals surface area contributed by atoms with Crippen LogP contribution in [0.15, 0.2) is 54.6 Å². The Hall–Kier alpha value is -3.34. The third-order valence-electron chi connectivity index (χ3n) is 4.59. The van der Waals surface area contributed by atoms with Gasteiger partial charge in [-0.25, -0.2) is 0 Å². The molecule has 0 saturated heterocycles. The Bertz CT molecular complexity index is 994. The van der Waals surface area contributed by atoms with Crippen LogP contribution in [0.4, 0.5) is 5.69 Å². The number of nitro groups is 1. The van der Waals surface area contributed by atoms with Gasteiger partial charge in [-0.1, -0.05) is 23.8 Å². The average molecular weight is 363 g/mol. The lowest BCUT2D eigenvalue weighted by Gasteiger charge is -2.17. The zero-order chi connectivity index (χ0) is 19.6. The molecule has 0 saturated carbocycles. The van der Waals surface area contributed by atoms with Crippen molar-refractivity contribution in [1.29, 1.82) is 0 Å². The molecule has 0 aromatic heterocycles. The van der Waals surface area contributed by atoms with Gasteiger partial charge >= 0.3 is 0 Å². The molecule has 0 spiro atoms. The Morgan fingerprint density at radius 2 is 1.37 bits per heavy atom. The average Bonchev–Trinajstić information content (AvgIpc) is 2.68. The highest BCUT2D eigenvalue weighted by molar-refractivity contribution is 5.82. The van der Waals surface area contributed by atoms with Crippen molar-refractivity contribution in [3.63, 3.8) is 0 Å². The molecule has 3 aromatic rings. The summed E-state index contributed by atoms with van der Waals surface area (Å²) in [5, 5.41) is 10.9. The van der Waals surface area contributed by atoms with Gasteiger partial charge in [-0.05, 0) is 54.8 Å². The molecule has 3 aromatic carbocycles. The number of non-ortho nitro benzene ring substituents is 1. The summed E-state index contributed by atoms with van der Waals surface area (Å²) in [6, 6.07) is 16.6. The lowest BCUT2D eigenvalue weighted by atomic mass is 9.94. The molecular formula is C22H21NO4. The molecule has 0 unspecified atom stereocenters. The molecule has 3 rings (SSSR count). The van der Waals surface area contributed by atoms with E-state index in [4.69, 9.17) is 9.47 Å². The Morgan fingerprint density at radius 1 is 0.778 bits per heavy atom. The first-order valence-electron chi connectivity index (χ1n) is 8.53. The molecule has 0 radical (unpaired) electrons. The molecule has 27 heavy (non-hydrogen) atoms. The van der Waals surface area contributed by atoms with Crippen molar-refractivity contribution >= 4 is 5.69 Å². The molecule has 138 valence electrons. The fraction of sp³-hybridized carbons (Fsp3) is 0.182. The van der Waals surface area contributed by atoms with Crippen LogP contribution >= 0.6 is 0 Å². The third-order valence-corrected chi connectivity index (χ3v) is 4.59. The minimum absolute atomic E-state index is 0.0525. The monoisotopic (exact) mass is 363 g/mol. The Morgan fingerprint density at radius 3 is 1.96 bits per heavy atom. The maximum atomic E-state index is 10.9. The maximum Gasteiger partial charge on any atom is 0.269 e. The van der Waals surface area contributed by atoms with Crippen LogP contribution in [-0.4, -0.2) is 19.1 Å². The number of benzene rings is 3. The molecule has 0 heterocycles. The van der Waals surface area contributed by atoms with Crippen LogP contribution in [0.1, 0.15) is 11.1 Å². The molecule has 0 bridgehead atoms. The van der Waals surface area contributed by atoms with Crippen molar-refractivity contribution in [3.05, 3.63) is 75.8 Å². The van der Waals surface area contributed by atoms with Crippen LogP contribution in [0.25, 0.3) is 22.3 Å². The Balaban J connectivity index is 2.17. The van der Waals surface area contributed by atoms with E-state index in [1.807, 2.05) is 12.1 Å². The molecular weight excluding hydrogens is 342 g/mol. The van der Waals surface area contributed by atoms with Gasteiger partial charge in [0.05, 0.1) is 19.1 Å². The highest BCUT2D eigenvalue weighted by Gasteiger charge is 2.16. The van der Waals surface area contributed by atoms with Gasteiger partial charge in [0.25, 0.3) is 5.69 Å². The van der Waals surface area contributed by atoms with E-state index in [0.717, 1.165) is 39.1 Å². The highest BCUT2D eigenvalue weighted by atomic mass is 16.6. The summed E-state index contributed by atoms with van der Waals surface area (Å²) in [7, 11) is 3.25. The number of rotatable bonds is 5. The second-order valence-corrected chi connectivity index (χ2v) is 6.38. The number of nitrogens with zero attached hydrogens (tertiary/aromatic N) is 1. The fourth-order valence-electron chi connectivity index (χ4n) is 3.12. The predicted molar refractivity (Wildman–Crippen MR) is 107 cm³/mol. The predicted octanol–water partition coefficient (Wildman–Crippen LogP) is 5.56. The van der Waals surface area contributed by atoms with E-state index in [1.54, 1.807) is 26.4 Å². The molecule has 0 aliphatic heterocycles. The van der Waals surface area contributed by atoms with E-state index in [9.17, 15) is 10.1 Å². The standard InChI is InChI=1S/C22H21NO4/c1-14-5-6-15(2)18(11-14)20-13-21(26-3)19(12-22(20)27-4)16-7-9-17(10-8-16)23(24)25/h5-13H,1-4H3. The third kappa shape index (κ3) is 3.62. The van der Waals surface area contributed by atoms with Gasteiger partial charge in [-0.15, -0.1) is 0 Å². The van der Waals surface area contributed by atoms with Crippen molar-refractivity contribution in [2.75, 3.05) is 14.2 Å². The van der Waals surface area contributed by atoms with Gasteiger partial charge in [-0.2, -0.15) is 0 Å². The molecule has 0 amide bonds. The summed E-state index contributed by atoms with van der Waals surface area (Å²) in [6.45, 7) is 4.11. The SMILES string of the molecule is COc1cc(-c2cc(C)ccc2C)c(OC)cc1-c1ccc([N+](=O)[O-])cc1. The van der Waals surface area contributed by atoms with Gasteiger partial charge in [0.2, 0.25) is 0 Å². The summed E-state index contributed by atoms with van der Waals surface area (Å²) >= 11 is 0. The maximum absolute atomic E-state index is 10.9. The number of methoxy groups -OCH3 is 2. The lowest BCUT2D eigenvalue weighted by Crippen LogP contribution is -1.96. The fourth-order valence-corrected chi connectivity index (χ4v) is 3.12. The van der Waals surface area contributed by atoms with Crippen molar-refractivity contribution in [2.24, 2.45) is 0 Å². The van der Waals surface area contributed by atoms with Gasteiger partial charge in [0.15, 0.2) is 0 Å². The number of nitro benzene ring substituents is 1. The lowest BCUT2D eigenvalue weighted by molar-refractivity contribution is -0.384. The Kier molecular flexibility index (Phi) is 5.12. The van der Waals surface area contributed by atoms with Gasteiger partial charge in [-0.3, -0.25) is 10.1 Å². The summed E-state index contributed by atoms with van der Waals surface area (Å²) < 4.78 is 11.3. The molecule has 0 aliphatic rings. The highest BCUT2D eigenvalue weighted by Crippen LogP contribution is 2.42. The van der Waals surface area contributed by atoms with Crippen molar-refractivity contribution in [2.45, 2.75) is 13.8 Å². The minimum Gasteiger partial charge on any atom is -0.496 e. The van der Waals surface area contributed by atoms with Crippen molar-refractivity contribution < 1.29 is 14.4 Å². The number of hydrogen-bond acceptors (Lipinski definition) is 4. The topological polar surface area (TPSA) is 61.6 Å². The van der Waals surface area contributed by atoms with Gasteiger partial charge < -0.3 is 9.47 Å². The van der Waals surface area contributed by atoms with Crippen molar-refractivity contribution in [1.82, 2.24) is 0 Å². The zero-order valence-corrected chi connectivity index (χ0v) is 15.8. The second-order valence-electron chi connectivity index (χ2n) is 6.38. The van der Waals surface area contributed by atoms with Crippen LogP contribution < -0.4 is 9.47 Å². The van der Waals surface area contributed by atoms with E-state index < -0.39 is 4.92 Å². The van der Waals surface area contributed by atoms with Crippen LogP contribution in [-0.2, 0) is 0 Å². The van der Waals surface area contributed by atoms with Crippen LogP contribution in [0.2, 0.25) is 0 Å². The van der Waals surface area contributed by atoms with E-state index in [1.165, 1.54) is 12.1 Å². The van der Waals surface area contributed by atoms with Gasteiger partial charge in [0.1, 0.15) is 11.5 Å². The first-order valence-corrected chi connectivity index (χ1v) is 8.53.